The summed E-state index contributed by atoms with van der Waals surface area (Å²) in [5, 5.41) is 12.5. The Morgan fingerprint density at radius 2 is 1.50 bits per heavy atom. The summed E-state index contributed by atoms with van der Waals surface area (Å²) in [6.45, 7) is 0.162. The van der Waals surface area contributed by atoms with Gasteiger partial charge >= 0.3 is 0 Å². The summed E-state index contributed by atoms with van der Waals surface area (Å²) in [7, 11) is 0. The van der Waals surface area contributed by atoms with Crippen molar-refractivity contribution < 1.29 is 5.11 Å². The molecule has 0 radical (unpaired) electrons. The molecule has 0 saturated carbocycles. The van der Waals surface area contributed by atoms with E-state index in [-0.39, 0.29) is 18.4 Å². The zero-order valence-electron chi connectivity index (χ0n) is 12.3. The zero-order chi connectivity index (χ0) is 14.9. The lowest BCUT2D eigenvalue weighted by atomic mass is 9.75. The van der Waals surface area contributed by atoms with Crippen molar-refractivity contribution in [2.45, 2.75) is 11.8 Å². The van der Waals surface area contributed by atoms with Gasteiger partial charge in [0, 0.05) is 11.8 Å². The summed E-state index contributed by atoms with van der Waals surface area (Å²) >= 11 is 0. The molecule has 108 valence electrons. The summed E-state index contributed by atoms with van der Waals surface area (Å²) in [5.41, 5.74) is 3.76. The first kappa shape index (κ1) is 13.3. The third-order valence-electron chi connectivity index (χ3n) is 4.69. The van der Waals surface area contributed by atoms with Crippen LogP contribution in [0.25, 0.3) is 16.8 Å². The van der Waals surface area contributed by atoms with E-state index < -0.39 is 0 Å². The molecule has 4 rings (SSSR count). The van der Waals surface area contributed by atoms with Gasteiger partial charge in [0.05, 0.1) is 6.61 Å². The Morgan fingerprint density at radius 3 is 2.41 bits per heavy atom. The molecule has 0 aliphatic heterocycles. The van der Waals surface area contributed by atoms with Gasteiger partial charge in [-0.05, 0) is 27.5 Å². The fraction of sp³-hybridized carbons (Fsp3) is 0.143. The van der Waals surface area contributed by atoms with Gasteiger partial charge in [-0.1, -0.05) is 78.9 Å². The summed E-state index contributed by atoms with van der Waals surface area (Å²) in [6.07, 6.45) is 4.43. The minimum absolute atomic E-state index is 0.118. The van der Waals surface area contributed by atoms with Gasteiger partial charge in [0.25, 0.3) is 0 Å². The normalized spacial score (nSPS) is 20.0. The standard InChI is InChI=1S/C21H18O/c22-14-21-18-10-4-2-7-16(18)12-13-20(21)19-11-5-8-15-6-1-3-9-17(15)19/h1-13,20-22H,14H2/t20-,21+/m1/s1. The second kappa shape index (κ2) is 5.43. The Labute approximate surface area is 130 Å². The molecular formula is C21H18O. The number of aliphatic hydroxyl groups excluding tert-OH is 1. The highest BCUT2D eigenvalue weighted by Gasteiger charge is 2.27. The molecule has 1 aliphatic rings. The van der Waals surface area contributed by atoms with Gasteiger partial charge in [-0.2, -0.15) is 0 Å². The fourth-order valence-corrected chi connectivity index (χ4v) is 3.61. The second-order valence-electron chi connectivity index (χ2n) is 5.87. The van der Waals surface area contributed by atoms with E-state index in [1.165, 1.54) is 27.5 Å². The number of fused-ring (bicyclic) bond motifs is 2. The van der Waals surface area contributed by atoms with Crippen LogP contribution in [0.3, 0.4) is 0 Å². The van der Waals surface area contributed by atoms with Crippen LogP contribution in [0.1, 0.15) is 28.5 Å². The Hall–Kier alpha value is -2.38. The molecule has 0 unspecified atom stereocenters. The number of aliphatic hydroxyl groups is 1. The summed E-state index contributed by atoms with van der Waals surface area (Å²) in [6, 6.07) is 23.3. The van der Waals surface area contributed by atoms with Crippen LogP contribution in [0, 0.1) is 0 Å². The Bertz CT molecular complexity index is 842. The topological polar surface area (TPSA) is 20.2 Å². The highest BCUT2D eigenvalue weighted by atomic mass is 16.3. The van der Waals surface area contributed by atoms with Crippen molar-refractivity contribution in [1.29, 1.82) is 0 Å². The van der Waals surface area contributed by atoms with Crippen LogP contribution in [0.2, 0.25) is 0 Å². The molecule has 3 aromatic carbocycles. The number of benzene rings is 3. The first-order valence-corrected chi connectivity index (χ1v) is 7.74. The largest absolute Gasteiger partial charge is 0.396 e. The van der Waals surface area contributed by atoms with Gasteiger partial charge in [0.15, 0.2) is 0 Å². The van der Waals surface area contributed by atoms with E-state index in [1.54, 1.807) is 0 Å². The number of hydrogen-bond donors (Lipinski definition) is 1. The van der Waals surface area contributed by atoms with E-state index in [0.29, 0.717) is 0 Å². The molecule has 0 heterocycles. The zero-order valence-corrected chi connectivity index (χ0v) is 12.3. The van der Waals surface area contributed by atoms with Crippen molar-refractivity contribution in [2.24, 2.45) is 0 Å². The quantitative estimate of drug-likeness (QED) is 0.722. The molecule has 22 heavy (non-hydrogen) atoms. The third-order valence-corrected chi connectivity index (χ3v) is 4.69. The van der Waals surface area contributed by atoms with Crippen molar-refractivity contribution in [3.8, 4) is 0 Å². The molecule has 2 atom stereocenters. The fourth-order valence-electron chi connectivity index (χ4n) is 3.61. The lowest BCUT2D eigenvalue weighted by Crippen LogP contribution is -2.17. The smallest absolute Gasteiger partial charge is 0.0508 e. The van der Waals surface area contributed by atoms with Crippen molar-refractivity contribution in [2.75, 3.05) is 6.61 Å². The van der Waals surface area contributed by atoms with E-state index in [9.17, 15) is 5.11 Å². The van der Waals surface area contributed by atoms with Gasteiger partial charge in [-0.15, -0.1) is 0 Å². The lowest BCUT2D eigenvalue weighted by molar-refractivity contribution is 0.256. The van der Waals surface area contributed by atoms with Crippen LogP contribution >= 0.6 is 0 Å². The summed E-state index contributed by atoms with van der Waals surface area (Å²) in [4.78, 5) is 0. The number of rotatable bonds is 2. The molecule has 1 nitrogen and oxygen atoms in total. The SMILES string of the molecule is OC[C@H]1c2ccccc2C=C[C@@H]1c1cccc2ccccc12. The number of allylic oxidation sites excluding steroid dienone is 1. The van der Waals surface area contributed by atoms with E-state index >= 15 is 0 Å². The predicted molar refractivity (Wildman–Crippen MR) is 92.0 cm³/mol. The average Bonchev–Trinajstić information content (AvgIpc) is 2.60. The monoisotopic (exact) mass is 286 g/mol. The number of hydrogen-bond acceptors (Lipinski definition) is 1. The molecule has 0 bridgehead atoms. The van der Waals surface area contributed by atoms with Crippen LogP contribution in [0.4, 0.5) is 0 Å². The first-order valence-electron chi connectivity index (χ1n) is 7.74. The molecule has 0 saturated heterocycles. The van der Waals surface area contributed by atoms with E-state index in [0.717, 1.165) is 0 Å². The summed E-state index contributed by atoms with van der Waals surface area (Å²) < 4.78 is 0. The summed E-state index contributed by atoms with van der Waals surface area (Å²) in [5.74, 6) is 0.331. The Kier molecular flexibility index (Phi) is 3.28. The van der Waals surface area contributed by atoms with Gasteiger partial charge < -0.3 is 5.11 Å². The first-order chi connectivity index (χ1) is 10.9. The van der Waals surface area contributed by atoms with Crippen LogP contribution in [0.5, 0.6) is 0 Å². The molecule has 0 spiro atoms. The molecule has 0 amide bonds. The van der Waals surface area contributed by atoms with Crippen LogP contribution in [0.15, 0.2) is 72.8 Å². The lowest BCUT2D eigenvalue weighted by Gasteiger charge is -2.29. The maximum Gasteiger partial charge on any atom is 0.0508 e. The minimum atomic E-state index is 0.118. The molecular weight excluding hydrogens is 268 g/mol. The van der Waals surface area contributed by atoms with Crippen molar-refractivity contribution in [1.82, 2.24) is 0 Å². The van der Waals surface area contributed by atoms with Crippen molar-refractivity contribution >= 4 is 16.8 Å². The maximum atomic E-state index is 10.0. The minimum Gasteiger partial charge on any atom is -0.396 e. The van der Waals surface area contributed by atoms with Crippen molar-refractivity contribution in [3.63, 3.8) is 0 Å². The van der Waals surface area contributed by atoms with Crippen LogP contribution in [-0.4, -0.2) is 11.7 Å². The molecule has 3 aromatic rings. The maximum absolute atomic E-state index is 10.0. The highest BCUT2D eigenvalue weighted by molar-refractivity contribution is 5.87. The third kappa shape index (κ3) is 2.06. The van der Waals surface area contributed by atoms with Crippen LogP contribution < -0.4 is 0 Å². The van der Waals surface area contributed by atoms with Crippen LogP contribution in [-0.2, 0) is 0 Å². The second-order valence-corrected chi connectivity index (χ2v) is 5.87. The van der Waals surface area contributed by atoms with Gasteiger partial charge in [0.1, 0.15) is 0 Å². The Balaban J connectivity index is 1.89. The van der Waals surface area contributed by atoms with E-state index in [4.69, 9.17) is 0 Å². The molecule has 1 heteroatoms. The van der Waals surface area contributed by atoms with E-state index in [1.807, 2.05) is 0 Å². The average molecular weight is 286 g/mol. The molecule has 1 aliphatic carbocycles. The van der Waals surface area contributed by atoms with Crippen molar-refractivity contribution in [3.05, 3.63) is 89.5 Å². The van der Waals surface area contributed by atoms with Gasteiger partial charge in [0.2, 0.25) is 0 Å². The molecule has 1 N–H and O–H groups in total. The van der Waals surface area contributed by atoms with Gasteiger partial charge in [-0.3, -0.25) is 0 Å². The predicted octanol–water partition coefficient (Wildman–Crippen LogP) is 4.73. The molecule has 0 aromatic heterocycles. The Morgan fingerprint density at radius 1 is 0.773 bits per heavy atom. The highest BCUT2D eigenvalue weighted by Crippen LogP contribution is 2.42. The molecule has 0 fully saturated rings. The van der Waals surface area contributed by atoms with Gasteiger partial charge in [-0.25, -0.2) is 0 Å². The van der Waals surface area contributed by atoms with E-state index in [2.05, 4.69) is 78.9 Å².